The van der Waals surface area contributed by atoms with Crippen molar-refractivity contribution in [3.05, 3.63) is 17.8 Å². The lowest BCUT2D eigenvalue weighted by molar-refractivity contribution is 0.0696. The lowest BCUT2D eigenvalue weighted by Crippen LogP contribution is -2.11. The molecule has 0 aliphatic carbocycles. The van der Waals surface area contributed by atoms with Crippen molar-refractivity contribution in [1.29, 1.82) is 0 Å². The zero-order chi connectivity index (χ0) is 12.8. The summed E-state index contributed by atoms with van der Waals surface area (Å²) in [6.07, 6.45) is 4.10. The van der Waals surface area contributed by atoms with Gasteiger partial charge in [-0.05, 0) is 38.1 Å². The number of thiophene rings is 1. The molecular weight excluding hydrogens is 246 g/mol. The van der Waals surface area contributed by atoms with E-state index in [2.05, 4.69) is 22.2 Å². The highest BCUT2D eigenvalue weighted by atomic mass is 32.1. The fraction of sp³-hybridized carbons (Fsp3) is 0.538. The van der Waals surface area contributed by atoms with E-state index < -0.39 is 0 Å². The Labute approximate surface area is 111 Å². The molecule has 2 aromatic rings. The zero-order valence-corrected chi connectivity index (χ0v) is 11.7. The number of nitrogens with zero attached hydrogens (tertiary/aromatic N) is 2. The summed E-state index contributed by atoms with van der Waals surface area (Å²) >= 11 is 1.67. The first-order valence-electron chi connectivity index (χ1n) is 6.35. The van der Waals surface area contributed by atoms with Gasteiger partial charge in [0.15, 0.2) is 0 Å². The van der Waals surface area contributed by atoms with E-state index >= 15 is 0 Å². The van der Waals surface area contributed by atoms with E-state index in [9.17, 15) is 0 Å². The molecule has 0 spiro atoms. The predicted octanol–water partition coefficient (Wildman–Crippen LogP) is 3.31. The summed E-state index contributed by atoms with van der Waals surface area (Å²) in [6, 6.07) is 2.02. The molecule has 18 heavy (non-hydrogen) atoms. The maximum atomic E-state index is 5.50. The van der Waals surface area contributed by atoms with Crippen molar-refractivity contribution in [2.24, 2.45) is 0 Å². The third-order valence-electron chi connectivity index (χ3n) is 2.77. The first-order chi connectivity index (χ1) is 8.81. The Morgan fingerprint density at radius 3 is 3.17 bits per heavy atom. The summed E-state index contributed by atoms with van der Waals surface area (Å²) in [5, 5.41) is 5.42. The van der Waals surface area contributed by atoms with Crippen LogP contribution in [0.15, 0.2) is 17.8 Å². The fourth-order valence-electron chi connectivity index (χ4n) is 1.88. The molecule has 2 heterocycles. The maximum absolute atomic E-state index is 5.50. The second kappa shape index (κ2) is 6.66. The van der Waals surface area contributed by atoms with E-state index in [-0.39, 0.29) is 0 Å². The van der Waals surface area contributed by atoms with Gasteiger partial charge in [-0.25, -0.2) is 9.97 Å². The molecule has 0 saturated carbocycles. The number of hydrogen-bond donors (Lipinski definition) is 1. The average Bonchev–Trinajstić information content (AvgIpc) is 2.84. The Balaban J connectivity index is 1.81. The molecule has 98 valence electrons. The minimum atomic E-state index is 0.337. The quantitative estimate of drug-likeness (QED) is 0.780. The third kappa shape index (κ3) is 3.40. The van der Waals surface area contributed by atoms with Crippen molar-refractivity contribution in [2.75, 3.05) is 18.5 Å². The number of fused-ring (bicyclic) bond motifs is 1. The van der Waals surface area contributed by atoms with Gasteiger partial charge in [0, 0.05) is 13.2 Å². The lowest BCUT2D eigenvalue weighted by Gasteiger charge is -2.11. The van der Waals surface area contributed by atoms with Crippen LogP contribution in [0, 0.1) is 0 Å². The Hall–Kier alpha value is -1.20. The van der Waals surface area contributed by atoms with Gasteiger partial charge in [-0.1, -0.05) is 0 Å². The minimum absolute atomic E-state index is 0.337. The van der Waals surface area contributed by atoms with Gasteiger partial charge in [0.05, 0.1) is 16.3 Å². The molecule has 1 N–H and O–H groups in total. The molecule has 0 bridgehead atoms. The largest absolute Gasteiger partial charge is 0.379 e. The summed E-state index contributed by atoms with van der Waals surface area (Å²) in [6.45, 7) is 5.85. The van der Waals surface area contributed by atoms with Crippen molar-refractivity contribution >= 4 is 27.4 Å². The van der Waals surface area contributed by atoms with Gasteiger partial charge in [0.25, 0.3) is 0 Å². The van der Waals surface area contributed by atoms with Gasteiger partial charge in [-0.2, -0.15) is 0 Å². The van der Waals surface area contributed by atoms with Gasteiger partial charge in [0.1, 0.15) is 12.1 Å². The summed E-state index contributed by atoms with van der Waals surface area (Å²) in [5.41, 5.74) is 1.01. The SMILES string of the molecule is CCOC(C)CCCNc1ncnc2ccsc12. The molecule has 0 aromatic carbocycles. The van der Waals surface area contributed by atoms with Gasteiger partial charge >= 0.3 is 0 Å². The number of anilines is 1. The fourth-order valence-corrected chi connectivity index (χ4v) is 2.69. The van der Waals surface area contributed by atoms with Crippen LogP contribution in [-0.2, 0) is 4.74 Å². The average molecular weight is 265 g/mol. The van der Waals surface area contributed by atoms with Crippen LogP contribution < -0.4 is 5.32 Å². The maximum Gasteiger partial charge on any atom is 0.147 e. The lowest BCUT2D eigenvalue weighted by atomic mass is 10.2. The van der Waals surface area contributed by atoms with Gasteiger partial charge in [0.2, 0.25) is 0 Å². The first kappa shape index (κ1) is 13.2. The van der Waals surface area contributed by atoms with Crippen LogP contribution in [0.5, 0.6) is 0 Å². The van der Waals surface area contributed by atoms with Crippen LogP contribution in [0.3, 0.4) is 0 Å². The topological polar surface area (TPSA) is 47.0 Å². The molecule has 0 saturated heterocycles. The molecule has 0 fully saturated rings. The van der Waals surface area contributed by atoms with E-state index in [1.54, 1.807) is 17.7 Å². The van der Waals surface area contributed by atoms with E-state index in [1.165, 1.54) is 0 Å². The van der Waals surface area contributed by atoms with E-state index in [4.69, 9.17) is 4.74 Å². The molecule has 4 nitrogen and oxygen atoms in total. The highest BCUT2D eigenvalue weighted by Crippen LogP contribution is 2.24. The molecule has 5 heteroatoms. The number of aromatic nitrogens is 2. The Bertz CT molecular complexity index is 486. The summed E-state index contributed by atoms with van der Waals surface area (Å²) < 4.78 is 6.64. The summed E-state index contributed by atoms with van der Waals surface area (Å²) in [4.78, 5) is 8.51. The molecule has 2 aromatic heterocycles. The van der Waals surface area contributed by atoms with Gasteiger partial charge in [-0.15, -0.1) is 11.3 Å². The number of ether oxygens (including phenoxy) is 1. The molecule has 0 amide bonds. The molecule has 1 unspecified atom stereocenters. The molecule has 0 aliphatic rings. The smallest absolute Gasteiger partial charge is 0.147 e. The number of rotatable bonds is 7. The standard InChI is InChI=1S/C13H19N3OS/c1-3-17-10(2)5-4-7-14-13-12-11(6-8-18-12)15-9-16-13/h6,8-10H,3-5,7H2,1-2H3,(H,14,15,16). The normalized spacial score (nSPS) is 12.8. The molecule has 0 radical (unpaired) electrons. The second-order valence-electron chi connectivity index (χ2n) is 4.19. The molecular formula is C13H19N3OS. The van der Waals surface area contributed by atoms with Crippen molar-refractivity contribution in [3.8, 4) is 0 Å². The monoisotopic (exact) mass is 265 g/mol. The van der Waals surface area contributed by atoms with Gasteiger partial charge < -0.3 is 10.1 Å². The van der Waals surface area contributed by atoms with Gasteiger partial charge in [-0.3, -0.25) is 0 Å². The van der Waals surface area contributed by atoms with Crippen LogP contribution in [0.4, 0.5) is 5.82 Å². The Morgan fingerprint density at radius 1 is 1.44 bits per heavy atom. The number of hydrogen-bond acceptors (Lipinski definition) is 5. The van der Waals surface area contributed by atoms with Crippen molar-refractivity contribution in [3.63, 3.8) is 0 Å². The van der Waals surface area contributed by atoms with Crippen LogP contribution in [0.25, 0.3) is 10.2 Å². The first-order valence-corrected chi connectivity index (χ1v) is 7.23. The van der Waals surface area contributed by atoms with Crippen LogP contribution in [-0.4, -0.2) is 29.2 Å². The van der Waals surface area contributed by atoms with Crippen molar-refractivity contribution < 1.29 is 4.74 Å². The summed E-state index contributed by atoms with van der Waals surface area (Å²) in [5.74, 6) is 0.944. The van der Waals surface area contributed by atoms with Crippen LogP contribution in [0.2, 0.25) is 0 Å². The summed E-state index contributed by atoms with van der Waals surface area (Å²) in [7, 11) is 0. The van der Waals surface area contributed by atoms with Crippen LogP contribution >= 0.6 is 11.3 Å². The highest BCUT2D eigenvalue weighted by Gasteiger charge is 2.04. The van der Waals surface area contributed by atoms with Crippen molar-refractivity contribution in [1.82, 2.24) is 9.97 Å². The Kier molecular flexibility index (Phi) is 4.90. The van der Waals surface area contributed by atoms with E-state index in [0.29, 0.717) is 6.10 Å². The molecule has 0 aliphatic heterocycles. The Morgan fingerprint density at radius 2 is 2.33 bits per heavy atom. The predicted molar refractivity (Wildman–Crippen MR) is 76.2 cm³/mol. The highest BCUT2D eigenvalue weighted by molar-refractivity contribution is 7.17. The molecule has 2 rings (SSSR count). The zero-order valence-electron chi connectivity index (χ0n) is 10.8. The van der Waals surface area contributed by atoms with E-state index in [0.717, 1.165) is 42.0 Å². The van der Waals surface area contributed by atoms with Crippen molar-refractivity contribution in [2.45, 2.75) is 32.8 Å². The third-order valence-corrected chi connectivity index (χ3v) is 3.68. The second-order valence-corrected chi connectivity index (χ2v) is 5.11. The van der Waals surface area contributed by atoms with Crippen LogP contribution in [0.1, 0.15) is 26.7 Å². The number of nitrogens with one attached hydrogen (secondary N) is 1. The van der Waals surface area contributed by atoms with E-state index in [1.807, 2.05) is 18.4 Å². The molecule has 1 atom stereocenters. The minimum Gasteiger partial charge on any atom is -0.379 e.